The van der Waals surface area contributed by atoms with Crippen molar-refractivity contribution in [2.75, 3.05) is 10.6 Å². The van der Waals surface area contributed by atoms with Crippen molar-refractivity contribution in [3.05, 3.63) is 95.6 Å². The van der Waals surface area contributed by atoms with Crippen LogP contribution in [0.25, 0.3) is 0 Å². The lowest BCUT2D eigenvalue weighted by atomic mass is 10.0. The van der Waals surface area contributed by atoms with E-state index in [0.29, 0.717) is 21.9 Å². The third-order valence-corrected chi connectivity index (χ3v) is 6.06. The van der Waals surface area contributed by atoms with Gasteiger partial charge in [-0.05, 0) is 99.9 Å². The van der Waals surface area contributed by atoms with E-state index in [0.717, 1.165) is 12.1 Å². The number of thiocarbonyl (C=S) groups is 1. The number of anilines is 2. The van der Waals surface area contributed by atoms with E-state index in [2.05, 4.69) is 17.6 Å². The molecule has 0 aromatic heterocycles. The zero-order chi connectivity index (χ0) is 26.1. The van der Waals surface area contributed by atoms with Gasteiger partial charge in [0.15, 0.2) is 5.11 Å². The van der Waals surface area contributed by atoms with Gasteiger partial charge in [-0.2, -0.15) is 0 Å². The van der Waals surface area contributed by atoms with E-state index in [1.165, 1.54) is 24.8 Å². The number of nitrogens with zero attached hydrogens (tertiary/aromatic N) is 1. The number of carbonyl (C=O) groups excluding carboxylic acids is 2. The van der Waals surface area contributed by atoms with E-state index in [4.69, 9.17) is 12.2 Å². The summed E-state index contributed by atoms with van der Waals surface area (Å²) in [5.41, 5.74) is 3.33. The molecule has 0 saturated carbocycles. The van der Waals surface area contributed by atoms with Crippen LogP contribution in [0.1, 0.15) is 73.2 Å². The van der Waals surface area contributed by atoms with Crippen molar-refractivity contribution in [3.63, 3.8) is 0 Å². The Bertz CT molecular complexity index is 1170. The molecule has 0 spiro atoms. The molecule has 0 saturated heterocycles. The predicted molar refractivity (Wildman–Crippen MR) is 153 cm³/mol. The molecular formula is C30H35N3O2S. The number of carbonyl (C=O) groups is 2. The summed E-state index contributed by atoms with van der Waals surface area (Å²) >= 11 is 5.62. The molecule has 0 fully saturated rings. The zero-order valence-electron chi connectivity index (χ0n) is 21.5. The third kappa shape index (κ3) is 7.49. The Kier molecular flexibility index (Phi) is 9.37. The first kappa shape index (κ1) is 27.1. The lowest BCUT2D eigenvalue weighted by Crippen LogP contribution is -2.51. The van der Waals surface area contributed by atoms with E-state index >= 15 is 0 Å². The molecule has 3 aromatic rings. The molecule has 0 unspecified atom stereocenters. The summed E-state index contributed by atoms with van der Waals surface area (Å²) in [6, 6.07) is 24.2. The number of rotatable bonds is 8. The second-order valence-electron chi connectivity index (χ2n) is 9.79. The fourth-order valence-corrected chi connectivity index (χ4v) is 4.31. The lowest BCUT2D eigenvalue weighted by Gasteiger charge is -2.36. The monoisotopic (exact) mass is 501 g/mol. The van der Waals surface area contributed by atoms with Gasteiger partial charge in [-0.3, -0.25) is 14.5 Å². The predicted octanol–water partition coefficient (Wildman–Crippen LogP) is 7.31. The molecule has 3 aromatic carbocycles. The SMILES string of the molecule is CCCCCc1ccc(C(=O)Nc2ccc(NC(=S)N(C(=O)c3ccccc3)C(C)(C)C)cc2)cc1. The van der Waals surface area contributed by atoms with Crippen molar-refractivity contribution < 1.29 is 9.59 Å². The quantitative estimate of drug-likeness (QED) is 0.251. The van der Waals surface area contributed by atoms with Gasteiger partial charge in [-0.25, -0.2) is 0 Å². The molecule has 0 bridgehead atoms. The minimum absolute atomic E-state index is 0.154. The highest BCUT2D eigenvalue weighted by Gasteiger charge is 2.31. The number of hydrogen-bond donors (Lipinski definition) is 2. The van der Waals surface area contributed by atoms with Crippen LogP contribution in [0.5, 0.6) is 0 Å². The van der Waals surface area contributed by atoms with E-state index in [-0.39, 0.29) is 11.8 Å². The van der Waals surface area contributed by atoms with Crippen molar-refractivity contribution in [2.45, 2.75) is 58.9 Å². The summed E-state index contributed by atoms with van der Waals surface area (Å²) < 4.78 is 0. The molecule has 0 aliphatic rings. The van der Waals surface area contributed by atoms with Gasteiger partial charge in [0.25, 0.3) is 11.8 Å². The molecule has 2 N–H and O–H groups in total. The fourth-order valence-electron chi connectivity index (χ4n) is 3.83. The molecule has 0 aliphatic carbocycles. The summed E-state index contributed by atoms with van der Waals surface area (Å²) in [7, 11) is 0. The van der Waals surface area contributed by atoms with Crippen molar-refractivity contribution in [3.8, 4) is 0 Å². The molecule has 0 radical (unpaired) electrons. The highest BCUT2D eigenvalue weighted by atomic mass is 32.1. The van der Waals surface area contributed by atoms with Gasteiger partial charge in [0.05, 0.1) is 0 Å². The van der Waals surface area contributed by atoms with E-state index in [1.54, 1.807) is 17.0 Å². The Morgan fingerprint density at radius 1 is 0.778 bits per heavy atom. The topological polar surface area (TPSA) is 61.4 Å². The Balaban J connectivity index is 1.62. The fraction of sp³-hybridized carbons (Fsp3) is 0.300. The first-order chi connectivity index (χ1) is 17.2. The van der Waals surface area contributed by atoms with Gasteiger partial charge < -0.3 is 10.6 Å². The van der Waals surface area contributed by atoms with Crippen LogP contribution in [0.3, 0.4) is 0 Å². The van der Waals surface area contributed by atoms with Crippen LogP contribution in [0.15, 0.2) is 78.9 Å². The minimum atomic E-state index is -0.517. The van der Waals surface area contributed by atoms with Gasteiger partial charge in [0.1, 0.15) is 0 Å². The van der Waals surface area contributed by atoms with Crippen molar-refractivity contribution in [2.24, 2.45) is 0 Å². The summed E-state index contributed by atoms with van der Waals surface area (Å²) in [5, 5.41) is 6.41. The van der Waals surface area contributed by atoms with Crippen LogP contribution in [-0.2, 0) is 6.42 Å². The average molecular weight is 502 g/mol. The van der Waals surface area contributed by atoms with Gasteiger partial charge in [-0.1, -0.05) is 50.1 Å². The molecule has 2 amide bonds. The standard InChI is InChI=1S/C30H35N3O2S/c1-5-6-8-11-22-14-16-23(17-15-22)27(34)31-25-18-20-26(21-19-25)32-29(36)33(30(2,3)4)28(35)24-12-9-7-10-13-24/h7,9-10,12-21H,5-6,8,11H2,1-4H3,(H,31,34)(H,32,36). The van der Waals surface area contributed by atoms with Crippen molar-refractivity contribution in [1.29, 1.82) is 0 Å². The van der Waals surface area contributed by atoms with Crippen LogP contribution in [0.4, 0.5) is 11.4 Å². The number of aryl methyl sites for hydroxylation is 1. The normalized spacial score (nSPS) is 11.0. The van der Waals surface area contributed by atoms with E-state index < -0.39 is 5.54 Å². The van der Waals surface area contributed by atoms with E-state index in [1.807, 2.05) is 87.5 Å². The van der Waals surface area contributed by atoms with Crippen LogP contribution >= 0.6 is 12.2 Å². The Labute approximate surface area is 219 Å². The maximum atomic E-state index is 13.2. The molecule has 6 heteroatoms. The Hall–Kier alpha value is -3.51. The van der Waals surface area contributed by atoms with E-state index in [9.17, 15) is 9.59 Å². The summed E-state index contributed by atoms with van der Waals surface area (Å²) in [5.74, 6) is -0.320. The maximum absolute atomic E-state index is 13.2. The third-order valence-electron chi connectivity index (χ3n) is 5.78. The first-order valence-electron chi connectivity index (χ1n) is 12.4. The van der Waals surface area contributed by atoms with Crippen LogP contribution in [0, 0.1) is 0 Å². The number of unbranched alkanes of at least 4 members (excludes halogenated alkanes) is 2. The number of nitrogens with one attached hydrogen (secondary N) is 2. The van der Waals surface area contributed by atoms with Crippen LogP contribution in [0.2, 0.25) is 0 Å². The Morgan fingerprint density at radius 2 is 1.36 bits per heavy atom. The number of hydrogen-bond acceptors (Lipinski definition) is 3. The Morgan fingerprint density at radius 3 is 1.92 bits per heavy atom. The van der Waals surface area contributed by atoms with Gasteiger partial charge >= 0.3 is 0 Å². The van der Waals surface area contributed by atoms with Gasteiger partial charge in [0, 0.05) is 28.0 Å². The second-order valence-corrected chi connectivity index (χ2v) is 10.2. The van der Waals surface area contributed by atoms with Crippen molar-refractivity contribution >= 4 is 40.5 Å². The number of amides is 2. The highest BCUT2D eigenvalue weighted by molar-refractivity contribution is 7.80. The summed E-state index contributed by atoms with van der Waals surface area (Å²) in [6.45, 7) is 8.02. The largest absolute Gasteiger partial charge is 0.332 e. The minimum Gasteiger partial charge on any atom is -0.332 e. The average Bonchev–Trinajstić information content (AvgIpc) is 2.85. The van der Waals surface area contributed by atoms with Gasteiger partial charge in [0.2, 0.25) is 0 Å². The van der Waals surface area contributed by atoms with Crippen LogP contribution in [-0.4, -0.2) is 27.4 Å². The second kappa shape index (κ2) is 12.5. The van der Waals surface area contributed by atoms with Crippen molar-refractivity contribution in [1.82, 2.24) is 4.90 Å². The molecule has 5 nitrogen and oxygen atoms in total. The van der Waals surface area contributed by atoms with Crippen LogP contribution < -0.4 is 10.6 Å². The molecule has 3 rings (SSSR count). The molecule has 188 valence electrons. The number of benzene rings is 3. The van der Waals surface area contributed by atoms with Gasteiger partial charge in [-0.15, -0.1) is 0 Å². The highest BCUT2D eigenvalue weighted by Crippen LogP contribution is 2.21. The summed E-state index contributed by atoms with van der Waals surface area (Å²) in [4.78, 5) is 27.4. The maximum Gasteiger partial charge on any atom is 0.260 e. The first-order valence-corrected chi connectivity index (χ1v) is 12.8. The molecule has 0 heterocycles. The zero-order valence-corrected chi connectivity index (χ0v) is 22.3. The molecular weight excluding hydrogens is 466 g/mol. The lowest BCUT2D eigenvalue weighted by molar-refractivity contribution is 0.0753. The molecule has 0 aliphatic heterocycles. The molecule has 0 atom stereocenters. The molecule has 36 heavy (non-hydrogen) atoms. The summed E-state index contributed by atoms with van der Waals surface area (Å²) in [6.07, 6.45) is 4.62. The smallest absolute Gasteiger partial charge is 0.260 e.